The van der Waals surface area contributed by atoms with Crippen molar-refractivity contribution in [3.8, 4) is 0 Å². The van der Waals surface area contributed by atoms with Gasteiger partial charge in [-0.1, -0.05) is 15.9 Å². The van der Waals surface area contributed by atoms with Crippen LogP contribution in [0.4, 0.5) is 0 Å². The van der Waals surface area contributed by atoms with Crippen molar-refractivity contribution in [3.63, 3.8) is 0 Å². The highest BCUT2D eigenvalue weighted by atomic mass is 79.9. The molecule has 3 aromatic rings. The number of imidazole rings is 1. The van der Waals surface area contributed by atoms with E-state index in [0.717, 1.165) is 26.8 Å². The zero-order valence-corrected chi connectivity index (χ0v) is 13.6. The SMILES string of the molecule is Cc1ccc(C(N)c2cc3c(cc2Br)n(C)c(=O)n3C)o1. The Morgan fingerprint density at radius 3 is 2.38 bits per heavy atom. The number of hydrogen-bond acceptors (Lipinski definition) is 3. The average molecular weight is 350 g/mol. The molecule has 0 aliphatic carbocycles. The molecule has 6 heteroatoms. The fourth-order valence-electron chi connectivity index (χ4n) is 2.55. The van der Waals surface area contributed by atoms with Crippen molar-refractivity contribution >= 4 is 27.0 Å². The van der Waals surface area contributed by atoms with Crippen molar-refractivity contribution in [2.24, 2.45) is 19.8 Å². The summed E-state index contributed by atoms with van der Waals surface area (Å²) in [5, 5.41) is 0. The summed E-state index contributed by atoms with van der Waals surface area (Å²) in [6.07, 6.45) is 0. The lowest BCUT2D eigenvalue weighted by molar-refractivity contribution is 0.466. The number of aryl methyl sites for hydroxylation is 3. The first-order chi connectivity index (χ1) is 9.90. The molecule has 5 nitrogen and oxygen atoms in total. The highest BCUT2D eigenvalue weighted by Crippen LogP contribution is 2.31. The molecule has 110 valence electrons. The van der Waals surface area contributed by atoms with Gasteiger partial charge in [0, 0.05) is 18.6 Å². The summed E-state index contributed by atoms with van der Waals surface area (Å²) in [7, 11) is 3.51. The molecule has 0 amide bonds. The van der Waals surface area contributed by atoms with Crippen molar-refractivity contribution in [2.45, 2.75) is 13.0 Å². The van der Waals surface area contributed by atoms with E-state index in [9.17, 15) is 4.79 Å². The molecule has 0 bridgehead atoms. The maximum absolute atomic E-state index is 12.0. The number of hydrogen-bond donors (Lipinski definition) is 1. The van der Waals surface area contributed by atoms with Crippen LogP contribution in [0.2, 0.25) is 0 Å². The second-order valence-electron chi connectivity index (χ2n) is 5.19. The Balaban J connectivity index is 2.21. The van der Waals surface area contributed by atoms with Crippen LogP contribution in [0, 0.1) is 6.92 Å². The summed E-state index contributed by atoms with van der Waals surface area (Å²) in [6, 6.07) is 7.23. The van der Waals surface area contributed by atoms with Gasteiger partial charge in [0.1, 0.15) is 11.5 Å². The Kier molecular flexibility index (Phi) is 3.30. The molecule has 0 spiro atoms. The topological polar surface area (TPSA) is 66.1 Å². The number of furan rings is 1. The molecule has 0 aliphatic rings. The lowest BCUT2D eigenvalue weighted by Crippen LogP contribution is -2.19. The normalized spacial score (nSPS) is 13.0. The van der Waals surface area contributed by atoms with Gasteiger partial charge < -0.3 is 10.2 Å². The summed E-state index contributed by atoms with van der Waals surface area (Å²) in [5.41, 5.74) is 8.84. The predicted octanol–water partition coefficient (Wildman–Crippen LogP) is 2.59. The fourth-order valence-corrected chi connectivity index (χ4v) is 3.13. The highest BCUT2D eigenvalue weighted by molar-refractivity contribution is 9.10. The molecule has 0 aliphatic heterocycles. The van der Waals surface area contributed by atoms with E-state index >= 15 is 0 Å². The van der Waals surface area contributed by atoms with Crippen LogP contribution < -0.4 is 11.4 Å². The van der Waals surface area contributed by atoms with Gasteiger partial charge >= 0.3 is 5.69 Å². The van der Waals surface area contributed by atoms with Gasteiger partial charge in [-0.25, -0.2) is 4.79 Å². The van der Waals surface area contributed by atoms with E-state index in [1.165, 1.54) is 0 Å². The molecule has 0 saturated carbocycles. The largest absolute Gasteiger partial charge is 0.464 e. The van der Waals surface area contributed by atoms with Crippen LogP contribution >= 0.6 is 15.9 Å². The highest BCUT2D eigenvalue weighted by Gasteiger charge is 2.19. The Bertz CT molecular complexity index is 888. The number of rotatable bonds is 2. The minimum absolute atomic E-state index is 0.0588. The second kappa shape index (κ2) is 4.89. The second-order valence-corrected chi connectivity index (χ2v) is 6.04. The third-order valence-electron chi connectivity index (χ3n) is 3.79. The minimum atomic E-state index is -0.382. The first-order valence-corrected chi connectivity index (χ1v) is 7.36. The Morgan fingerprint density at radius 2 is 1.81 bits per heavy atom. The maximum Gasteiger partial charge on any atom is 0.328 e. The predicted molar refractivity (Wildman–Crippen MR) is 85.3 cm³/mol. The average Bonchev–Trinajstić information content (AvgIpc) is 2.97. The fraction of sp³-hybridized carbons (Fsp3) is 0.267. The van der Waals surface area contributed by atoms with Crippen LogP contribution in [0.1, 0.15) is 23.1 Å². The van der Waals surface area contributed by atoms with Gasteiger partial charge in [-0.05, 0) is 36.8 Å². The van der Waals surface area contributed by atoms with Crippen molar-refractivity contribution in [2.75, 3.05) is 0 Å². The van der Waals surface area contributed by atoms with Crippen LogP contribution in [0.25, 0.3) is 11.0 Å². The standard InChI is InChI=1S/C15H16BrN3O2/c1-8-4-5-13(21-8)14(17)9-6-11-12(7-10(9)16)19(3)15(20)18(11)2/h4-7,14H,17H2,1-3H3. The number of benzene rings is 1. The quantitative estimate of drug-likeness (QED) is 0.773. The summed E-state index contributed by atoms with van der Waals surface area (Å²) < 4.78 is 9.70. The van der Waals surface area contributed by atoms with Crippen LogP contribution in [0.3, 0.4) is 0 Å². The third kappa shape index (κ3) is 2.15. The zero-order chi connectivity index (χ0) is 15.3. The third-order valence-corrected chi connectivity index (χ3v) is 4.48. The van der Waals surface area contributed by atoms with Crippen molar-refractivity contribution in [3.05, 3.63) is 56.3 Å². The molecule has 2 heterocycles. The van der Waals surface area contributed by atoms with Gasteiger partial charge in [-0.2, -0.15) is 0 Å². The molecule has 0 fully saturated rings. The van der Waals surface area contributed by atoms with Gasteiger partial charge in [0.25, 0.3) is 0 Å². The van der Waals surface area contributed by atoms with Gasteiger partial charge in [0.2, 0.25) is 0 Å². The number of nitrogens with two attached hydrogens (primary N) is 1. The summed E-state index contributed by atoms with van der Waals surface area (Å²) >= 11 is 3.54. The molecule has 1 unspecified atom stereocenters. The smallest absolute Gasteiger partial charge is 0.328 e. The number of aromatic nitrogens is 2. The Hall–Kier alpha value is -1.79. The lowest BCUT2D eigenvalue weighted by atomic mass is 10.0. The Labute approximate surface area is 130 Å². The van der Waals surface area contributed by atoms with Crippen LogP contribution in [0.15, 0.2) is 37.9 Å². The zero-order valence-electron chi connectivity index (χ0n) is 12.1. The van der Waals surface area contributed by atoms with E-state index in [4.69, 9.17) is 10.2 Å². The van der Waals surface area contributed by atoms with E-state index in [1.807, 2.05) is 31.2 Å². The first-order valence-electron chi connectivity index (χ1n) is 6.57. The molecule has 1 atom stereocenters. The van der Waals surface area contributed by atoms with Gasteiger partial charge in [0.15, 0.2) is 0 Å². The molecular weight excluding hydrogens is 334 g/mol. The maximum atomic E-state index is 12.0. The van der Waals surface area contributed by atoms with E-state index in [-0.39, 0.29) is 11.7 Å². The van der Waals surface area contributed by atoms with Gasteiger partial charge in [-0.15, -0.1) is 0 Å². The summed E-state index contributed by atoms with van der Waals surface area (Å²) in [4.78, 5) is 12.0. The van der Waals surface area contributed by atoms with Crippen molar-refractivity contribution in [1.82, 2.24) is 9.13 Å². The molecule has 3 rings (SSSR count). The molecule has 1 aromatic carbocycles. The number of fused-ring (bicyclic) bond motifs is 1. The molecule has 0 radical (unpaired) electrons. The van der Waals surface area contributed by atoms with E-state index in [1.54, 1.807) is 23.2 Å². The monoisotopic (exact) mass is 349 g/mol. The number of halogens is 1. The molecular formula is C15H16BrN3O2. The van der Waals surface area contributed by atoms with Gasteiger partial charge in [0.05, 0.1) is 17.1 Å². The molecule has 2 aromatic heterocycles. The summed E-state index contributed by atoms with van der Waals surface area (Å²) in [5.74, 6) is 1.53. The van der Waals surface area contributed by atoms with Crippen molar-refractivity contribution in [1.29, 1.82) is 0 Å². The summed E-state index contributed by atoms with van der Waals surface area (Å²) in [6.45, 7) is 1.88. The molecule has 2 N–H and O–H groups in total. The van der Waals surface area contributed by atoms with E-state index in [0.29, 0.717) is 5.76 Å². The number of nitrogens with zero attached hydrogens (tertiary/aromatic N) is 2. The van der Waals surface area contributed by atoms with E-state index < -0.39 is 0 Å². The first kappa shape index (κ1) is 14.2. The van der Waals surface area contributed by atoms with Crippen molar-refractivity contribution < 1.29 is 4.42 Å². The Morgan fingerprint density at radius 1 is 1.19 bits per heavy atom. The minimum Gasteiger partial charge on any atom is -0.464 e. The van der Waals surface area contributed by atoms with Crippen LogP contribution in [0.5, 0.6) is 0 Å². The van der Waals surface area contributed by atoms with Crippen LogP contribution in [-0.4, -0.2) is 9.13 Å². The molecule has 0 saturated heterocycles. The van der Waals surface area contributed by atoms with Gasteiger partial charge in [-0.3, -0.25) is 9.13 Å². The lowest BCUT2D eigenvalue weighted by Gasteiger charge is -2.12. The van der Waals surface area contributed by atoms with E-state index in [2.05, 4.69) is 15.9 Å². The molecule has 21 heavy (non-hydrogen) atoms. The van der Waals surface area contributed by atoms with Crippen LogP contribution in [-0.2, 0) is 14.1 Å².